The van der Waals surface area contributed by atoms with E-state index in [0.29, 0.717) is 17.6 Å². The molecular weight excluding hydrogens is 452 g/mol. The number of rotatable bonds is 5. The minimum absolute atomic E-state index is 0.0995. The van der Waals surface area contributed by atoms with Gasteiger partial charge >= 0.3 is 11.9 Å². The molecule has 1 aromatic rings. The monoisotopic (exact) mass is 486 g/mol. The average molecular weight is 487 g/mol. The first-order chi connectivity index (χ1) is 16.3. The Morgan fingerprint density at radius 3 is 2.57 bits per heavy atom. The zero-order valence-corrected chi connectivity index (χ0v) is 21.0. The van der Waals surface area contributed by atoms with Crippen molar-refractivity contribution in [2.75, 3.05) is 7.11 Å². The van der Waals surface area contributed by atoms with E-state index >= 15 is 0 Å². The fraction of sp³-hybridized carbons (Fsp3) is 0.630. The number of carbonyl (C=O) groups is 4. The van der Waals surface area contributed by atoms with Gasteiger partial charge in [0.05, 0.1) is 26.1 Å². The summed E-state index contributed by atoms with van der Waals surface area (Å²) < 4.78 is 15.7. The van der Waals surface area contributed by atoms with E-state index in [9.17, 15) is 24.3 Å². The molecule has 6 atom stereocenters. The summed E-state index contributed by atoms with van der Waals surface area (Å²) in [5.41, 5.74) is -2.11. The molecule has 4 rings (SSSR count). The minimum atomic E-state index is -1.89. The molecule has 2 heterocycles. The van der Waals surface area contributed by atoms with Crippen LogP contribution in [0.4, 0.5) is 0 Å². The number of ether oxygens (including phenoxy) is 2. The highest BCUT2D eigenvalue weighted by molar-refractivity contribution is 6.00. The quantitative estimate of drug-likeness (QED) is 0.625. The summed E-state index contributed by atoms with van der Waals surface area (Å²) >= 11 is 0. The lowest BCUT2D eigenvalue weighted by Crippen LogP contribution is -2.61. The summed E-state index contributed by atoms with van der Waals surface area (Å²) in [7, 11) is 1.32. The zero-order chi connectivity index (χ0) is 25.8. The molecule has 35 heavy (non-hydrogen) atoms. The van der Waals surface area contributed by atoms with Gasteiger partial charge in [-0.1, -0.05) is 33.8 Å². The largest absolute Gasteiger partial charge is 0.472 e. The topological polar surface area (TPSA) is 120 Å². The molecular formula is C27H34O8. The second-order valence-corrected chi connectivity index (χ2v) is 11.2. The van der Waals surface area contributed by atoms with Gasteiger partial charge in [-0.2, -0.15) is 0 Å². The first-order valence-electron chi connectivity index (χ1n) is 12.1. The maximum Gasteiger partial charge on any atom is 0.306 e. The van der Waals surface area contributed by atoms with Gasteiger partial charge in [-0.15, -0.1) is 0 Å². The summed E-state index contributed by atoms with van der Waals surface area (Å²) in [5, 5.41) is 12.0. The summed E-state index contributed by atoms with van der Waals surface area (Å²) in [6, 6.07) is 1.72. The van der Waals surface area contributed by atoms with Crippen LogP contribution < -0.4 is 0 Å². The molecule has 8 nitrogen and oxygen atoms in total. The smallest absolute Gasteiger partial charge is 0.306 e. The van der Waals surface area contributed by atoms with Crippen LogP contribution in [0.3, 0.4) is 0 Å². The Labute approximate surface area is 205 Å². The summed E-state index contributed by atoms with van der Waals surface area (Å²) in [4.78, 5) is 51.3. The molecule has 1 saturated carbocycles. The standard InChI is InChI=1S/C27H34O8/c1-15-18(10-21(29)33-5)25(2,3)12-17(23(15)31)13-27(32)19-11-22(30)35-24(16-7-9-34-14-16)26(19,4)8-6-20(27)28/h7,9,12,14-15,18-19,24,32H,6,8,10-11,13H2,1-5H3. The molecule has 1 aromatic heterocycles. The van der Waals surface area contributed by atoms with Gasteiger partial charge in [-0.25, -0.2) is 0 Å². The molecule has 0 radical (unpaired) electrons. The Morgan fingerprint density at radius 2 is 1.94 bits per heavy atom. The second kappa shape index (κ2) is 8.73. The Kier molecular flexibility index (Phi) is 6.32. The lowest BCUT2D eigenvalue weighted by molar-refractivity contribution is -0.207. The fourth-order valence-electron chi connectivity index (χ4n) is 6.68. The molecule has 1 aliphatic heterocycles. The van der Waals surface area contributed by atoms with Crippen LogP contribution in [-0.2, 0) is 28.7 Å². The molecule has 190 valence electrons. The van der Waals surface area contributed by atoms with Crippen LogP contribution in [0, 0.1) is 28.6 Å². The predicted molar refractivity (Wildman–Crippen MR) is 124 cm³/mol. The van der Waals surface area contributed by atoms with Crippen LogP contribution >= 0.6 is 0 Å². The van der Waals surface area contributed by atoms with Gasteiger partial charge < -0.3 is 19.0 Å². The van der Waals surface area contributed by atoms with Crippen molar-refractivity contribution >= 4 is 23.5 Å². The number of aliphatic hydroxyl groups is 1. The van der Waals surface area contributed by atoms with Crippen LogP contribution in [0.25, 0.3) is 0 Å². The maximum absolute atomic E-state index is 13.4. The third-order valence-electron chi connectivity index (χ3n) is 8.72. The molecule has 3 aliphatic rings. The molecule has 0 spiro atoms. The number of allylic oxidation sites excluding steroid dienone is 1. The summed E-state index contributed by atoms with van der Waals surface area (Å²) in [6.45, 7) is 7.57. The average Bonchev–Trinajstić information content (AvgIpc) is 3.33. The number of carbonyl (C=O) groups excluding carboxylic acids is 4. The molecule has 0 amide bonds. The number of esters is 2. The van der Waals surface area contributed by atoms with Gasteiger partial charge in [0.1, 0.15) is 11.7 Å². The number of hydrogen-bond acceptors (Lipinski definition) is 8. The number of hydrogen-bond donors (Lipinski definition) is 1. The van der Waals surface area contributed by atoms with Gasteiger partial charge in [0, 0.05) is 42.1 Å². The number of fused-ring (bicyclic) bond motifs is 1. The molecule has 1 saturated heterocycles. The zero-order valence-electron chi connectivity index (χ0n) is 21.0. The van der Waals surface area contributed by atoms with Crippen molar-refractivity contribution in [2.24, 2.45) is 28.6 Å². The Morgan fingerprint density at radius 1 is 1.23 bits per heavy atom. The molecule has 1 N–H and O–H groups in total. The van der Waals surface area contributed by atoms with E-state index in [1.807, 2.05) is 20.8 Å². The number of furan rings is 1. The third kappa shape index (κ3) is 4.15. The second-order valence-electron chi connectivity index (χ2n) is 11.2. The highest BCUT2D eigenvalue weighted by atomic mass is 16.5. The lowest BCUT2D eigenvalue weighted by Gasteiger charge is -2.55. The molecule has 2 fully saturated rings. The molecule has 6 unspecified atom stereocenters. The van der Waals surface area contributed by atoms with Crippen LogP contribution in [0.1, 0.15) is 71.5 Å². The maximum atomic E-state index is 13.4. The normalized spacial score (nSPS) is 36.7. The van der Waals surface area contributed by atoms with Crippen molar-refractivity contribution in [3.63, 3.8) is 0 Å². The van der Waals surface area contributed by atoms with Crippen molar-refractivity contribution in [1.82, 2.24) is 0 Å². The van der Waals surface area contributed by atoms with Crippen LogP contribution in [0.15, 0.2) is 34.7 Å². The van der Waals surface area contributed by atoms with E-state index in [1.54, 1.807) is 19.1 Å². The van der Waals surface area contributed by atoms with E-state index in [-0.39, 0.29) is 49.1 Å². The van der Waals surface area contributed by atoms with E-state index in [1.165, 1.54) is 19.6 Å². The fourth-order valence-corrected chi connectivity index (χ4v) is 6.68. The first kappa shape index (κ1) is 25.4. The Bertz CT molecular complexity index is 1070. The van der Waals surface area contributed by atoms with Gasteiger partial charge in [0.15, 0.2) is 11.6 Å². The highest BCUT2D eigenvalue weighted by Crippen LogP contribution is 2.59. The van der Waals surface area contributed by atoms with Crippen molar-refractivity contribution in [3.8, 4) is 0 Å². The van der Waals surface area contributed by atoms with Crippen molar-refractivity contribution in [2.45, 2.75) is 71.5 Å². The molecule has 0 bridgehead atoms. The van der Waals surface area contributed by atoms with E-state index in [2.05, 4.69) is 0 Å². The van der Waals surface area contributed by atoms with Crippen molar-refractivity contribution < 1.29 is 38.2 Å². The Balaban J connectivity index is 1.71. The number of Topliss-reactive ketones (excluding diaryl/α,β-unsaturated/α-hetero) is 2. The van der Waals surface area contributed by atoms with Crippen LogP contribution in [0.2, 0.25) is 0 Å². The van der Waals surface area contributed by atoms with Crippen LogP contribution in [-0.4, -0.2) is 41.3 Å². The van der Waals surface area contributed by atoms with Crippen molar-refractivity contribution in [1.29, 1.82) is 0 Å². The van der Waals surface area contributed by atoms with Gasteiger partial charge in [0.25, 0.3) is 0 Å². The van der Waals surface area contributed by atoms with E-state index in [4.69, 9.17) is 13.9 Å². The van der Waals surface area contributed by atoms with Gasteiger partial charge in [-0.3, -0.25) is 19.2 Å². The minimum Gasteiger partial charge on any atom is -0.472 e. The Hall–Kier alpha value is -2.74. The lowest BCUT2D eigenvalue weighted by atomic mass is 9.53. The van der Waals surface area contributed by atoms with E-state index in [0.717, 1.165) is 0 Å². The third-order valence-corrected chi connectivity index (χ3v) is 8.72. The van der Waals surface area contributed by atoms with Gasteiger partial charge in [0.2, 0.25) is 0 Å². The SMILES string of the molecule is COC(=O)CC1C(C)C(=O)C(CC2(O)C(=O)CCC3(C)C(c4ccoc4)OC(=O)CC23)=CC1(C)C. The highest BCUT2D eigenvalue weighted by Gasteiger charge is 2.62. The van der Waals surface area contributed by atoms with Crippen molar-refractivity contribution in [3.05, 3.63) is 35.8 Å². The predicted octanol–water partition coefficient (Wildman–Crippen LogP) is 3.72. The number of cyclic esters (lactones) is 1. The van der Waals surface area contributed by atoms with Gasteiger partial charge in [-0.05, 0) is 29.4 Å². The summed E-state index contributed by atoms with van der Waals surface area (Å²) in [6.07, 6.45) is 4.50. The van der Waals surface area contributed by atoms with Crippen LogP contribution in [0.5, 0.6) is 0 Å². The van der Waals surface area contributed by atoms with E-state index < -0.39 is 40.3 Å². The molecule has 8 heteroatoms. The summed E-state index contributed by atoms with van der Waals surface area (Å²) in [5.74, 6) is -2.94. The molecule has 0 aromatic carbocycles. The number of ketones is 2. The molecule has 2 aliphatic carbocycles. The first-order valence-corrected chi connectivity index (χ1v) is 12.1. The number of methoxy groups -OCH3 is 1.